The normalized spacial score (nSPS) is 11.3. The van der Waals surface area contributed by atoms with E-state index < -0.39 is 4.92 Å². The predicted molar refractivity (Wildman–Crippen MR) is 62.0 cm³/mol. The number of nitro groups is 1. The second-order valence-corrected chi connectivity index (χ2v) is 3.95. The molecule has 0 fully saturated rings. The maximum absolute atomic E-state index is 10.2. The Hall–Kier alpha value is -1.62. The zero-order valence-corrected chi connectivity index (χ0v) is 9.19. The molecule has 0 radical (unpaired) electrons. The third-order valence-electron chi connectivity index (χ3n) is 2.05. The molecule has 0 bridgehead atoms. The van der Waals surface area contributed by atoms with Crippen LogP contribution in [0.3, 0.4) is 0 Å². The van der Waals surface area contributed by atoms with Crippen LogP contribution in [0.1, 0.15) is 5.56 Å². The molecule has 5 heteroatoms. The number of benzene rings is 1. The monoisotopic (exact) mass is 266 g/mol. The summed E-state index contributed by atoms with van der Waals surface area (Å²) < 4.78 is 0.949. The van der Waals surface area contributed by atoms with Crippen LogP contribution in [0.15, 0.2) is 35.1 Å². The summed E-state index contributed by atoms with van der Waals surface area (Å²) in [5.41, 5.74) is 1.77. The Labute approximate surface area is 93.9 Å². The molecule has 0 unspecified atom stereocenters. The molecule has 0 saturated carbocycles. The highest BCUT2D eigenvalue weighted by atomic mass is 79.9. The van der Waals surface area contributed by atoms with Gasteiger partial charge in [-0.15, -0.1) is 0 Å². The lowest BCUT2D eigenvalue weighted by molar-refractivity contribution is -0.400. The van der Waals surface area contributed by atoms with Crippen LogP contribution in [-0.4, -0.2) is 9.91 Å². The molecule has 0 atom stereocenters. The first-order valence-corrected chi connectivity index (χ1v) is 5.04. The zero-order valence-electron chi connectivity index (χ0n) is 7.61. The summed E-state index contributed by atoms with van der Waals surface area (Å²) >= 11 is 3.36. The lowest BCUT2D eigenvalue weighted by Gasteiger charge is -1.92. The highest BCUT2D eigenvalue weighted by Gasteiger charge is 2.02. The molecule has 2 rings (SSSR count). The van der Waals surface area contributed by atoms with Crippen LogP contribution in [0.25, 0.3) is 17.0 Å². The molecule has 0 aliphatic carbocycles. The fourth-order valence-corrected chi connectivity index (χ4v) is 1.75. The fourth-order valence-electron chi connectivity index (χ4n) is 1.39. The van der Waals surface area contributed by atoms with Crippen LogP contribution in [0.4, 0.5) is 0 Å². The Kier molecular flexibility index (Phi) is 2.55. The first-order chi connectivity index (χ1) is 7.16. The van der Waals surface area contributed by atoms with Crippen molar-refractivity contribution in [1.82, 2.24) is 4.98 Å². The van der Waals surface area contributed by atoms with Crippen molar-refractivity contribution in [3.05, 3.63) is 50.7 Å². The van der Waals surface area contributed by atoms with Crippen LogP contribution in [0.2, 0.25) is 0 Å². The number of rotatable bonds is 2. The Morgan fingerprint density at radius 2 is 2.27 bits per heavy atom. The number of halogens is 1. The van der Waals surface area contributed by atoms with E-state index in [0.717, 1.165) is 27.1 Å². The summed E-state index contributed by atoms with van der Waals surface area (Å²) in [6.07, 6.45) is 4.16. The molecular formula is C10H7BrN2O2. The zero-order chi connectivity index (χ0) is 10.8. The van der Waals surface area contributed by atoms with E-state index in [0.29, 0.717) is 0 Å². The number of fused-ring (bicyclic) bond motifs is 1. The molecule has 4 nitrogen and oxygen atoms in total. The third kappa shape index (κ3) is 2.07. The van der Waals surface area contributed by atoms with Gasteiger partial charge in [0.25, 0.3) is 0 Å². The Balaban J connectivity index is 2.52. The van der Waals surface area contributed by atoms with Crippen molar-refractivity contribution in [2.75, 3.05) is 0 Å². The molecular weight excluding hydrogens is 260 g/mol. The van der Waals surface area contributed by atoms with Crippen LogP contribution < -0.4 is 0 Å². The fraction of sp³-hybridized carbons (Fsp3) is 0. The van der Waals surface area contributed by atoms with E-state index in [1.54, 1.807) is 6.20 Å². The van der Waals surface area contributed by atoms with Crippen molar-refractivity contribution in [3.8, 4) is 0 Å². The van der Waals surface area contributed by atoms with E-state index in [1.165, 1.54) is 6.08 Å². The minimum atomic E-state index is -0.475. The van der Waals surface area contributed by atoms with Gasteiger partial charge in [-0.3, -0.25) is 10.1 Å². The molecule has 76 valence electrons. The number of nitrogens with zero attached hydrogens (tertiary/aromatic N) is 1. The van der Waals surface area contributed by atoms with Gasteiger partial charge >= 0.3 is 0 Å². The number of aromatic amines is 1. The summed E-state index contributed by atoms with van der Waals surface area (Å²) in [6, 6.07) is 5.76. The summed E-state index contributed by atoms with van der Waals surface area (Å²) in [5, 5.41) is 11.2. The van der Waals surface area contributed by atoms with Gasteiger partial charge in [0.15, 0.2) is 0 Å². The highest BCUT2D eigenvalue weighted by molar-refractivity contribution is 9.10. The van der Waals surface area contributed by atoms with E-state index >= 15 is 0 Å². The predicted octanol–water partition coefficient (Wildman–Crippen LogP) is 3.18. The number of hydrogen-bond acceptors (Lipinski definition) is 2. The van der Waals surface area contributed by atoms with Gasteiger partial charge in [-0.05, 0) is 18.2 Å². The molecule has 15 heavy (non-hydrogen) atoms. The molecule has 0 aliphatic heterocycles. The van der Waals surface area contributed by atoms with Gasteiger partial charge < -0.3 is 4.98 Å². The second-order valence-electron chi connectivity index (χ2n) is 3.04. The number of nitrogens with one attached hydrogen (secondary N) is 1. The first kappa shape index (κ1) is 9.92. The maximum Gasteiger partial charge on any atom is 0.235 e. The van der Waals surface area contributed by atoms with E-state index in [4.69, 9.17) is 0 Å². The van der Waals surface area contributed by atoms with Gasteiger partial charge in [0, 0.05) is 33.2 Å². The third-order valence-corrected chi connectivity index (χ3v) is 2.54. The SMILES string of the molecule is O=[N+]([O-])C=Cc1c[nH]c2ccc(Br)cc12. The van der Waals surface area contributed by atoms with Gasteiger partial charge in [-0.1, -0.05) is 15.9 Å². The minimum absolute atomic E-state index is 0.475. The highest BCUT2D eigenvalue weighted by Crippen LogP contribution is 2.23. The summed E-state index contributed by atoms with van der Waals surface area (Å²) in [6.45, 7) is 0. The van der Waals surface area contributed by atoms with Gasteiger partial charge in [-0.25, -0.2) is 0 Å². The number of aromatic nitrogens is 1. The second kappa shape index (κ2) is 3.86. The van der Waals surface area contributed by atoms with Gasteiger partial charge in [0.05, 0.1) is 4.92 Å². The number of hydrogen-bond donors (Lipinski definition) is 1. The largest absolute Gasteiger partial charge is 0.361 e. The Morgan fingerprint density at radius 1 is 1.47 bits per heavy atom. The van der Waals surface area contributed by atoms with Gasteiger partial charge in [-0.2, -0.15) is 0 Å². The molecule has 2 aromatic rings. The molecule has 0 amide bonds. The Bertz CT molecular complexity index is 545. The smallest absolute Gasteiger partial charge is 0.235 e. The van der Waals surface area contributed by atoms with Crippen LogP contribution in [0.5, 0.6) is 0 Å². The minimum Gasteiger partial charge on any atom is -0.361 e. The summed E-state index contributed by atoms with van der Waals surface area (Å²) in [7, 11) is 0. The van der Waals surface area contributed by atoms with E-state index in [9.17, 15) is 10.1 Å². The molecule has 1 aromatic heterocycles. The van der Waals surface area contributed by atoms with Crippen LogP contribution in [0, 0.1) is 10.1 Å². The molecule has 1 N–H and O–H groups in total. The molecule has 0 saturated heterocycles. The van der Waals surface area contributed by atoms with Crippen molar-refractivity contribution in [3.63, 3.8) is 0 Å². The molecule has 0 aliphatic rings. The lowest BCUT2D eigenvalue weighted by Crippen LogP contribution is -1.81. The number of H-pyrrole nitrogens is 1. The quantitative estimate of drug-likeness (QED) is 0.671. The van der Waals surface area contributed by atoms with Crippen LogP contribution in [-0.2, 0) is 0 Å². The first-order valence-electron chi connectivity index (χ1n) is 4.25. The van der Waals surface area contributed by atoms with E-state index in [2.05, 4.69) is 20.9 Å². The van der Waals surface area contributed by atoms with Crippen molar-refractivity contribution in [2.45, 2.75) is 0 Å². The molecule has 1 heterocycles. The standard InChI is InChI=1S/C10H7BrN2O2/c11-8-1-2-10-9(5-8)7(6-12-10)3-4-13(14)15/h1-6,12H. The van der Waals surface area contributed by atoms with E-state index in [1.807, 2.05) is 18.2 Å². The topological polar surface area (TPSA) is 58.9 Å². The average Bonchev–Trinajstić information content (AvgIpc) is 2.57. The van der Waals surface area contributed by atoms with Crippen molar-refractivity contribution < 1.29 is 4.92 Å². The summed E-state index contributed by atoms with van der Waals surface area (Å²) in [4.78, 5) is 12.8. The molecule has 0 spiro atoms. The average molecular weight is 267 g/mol. The van der Waals surface area contributed by atoms with Crippen LogP contribution >= 0.6 is 15.9 Å². The van der Waals surface area contributed by atoms with E-state index in [-0.39, 0.29) is 0 Å². The maximum atomic E-state index is 10.2. The molecule has 1 aromatic carbocycles. The van der Waals surface area contributed by atoms with Crippen molar-refractivity contribution >= 4 is 32.9 Å². The van der Waals surface area contributed by atoms with Crippen molar-refractivity contribution in [1.29, 1.82) is 0 Å². The Morgan fingerprint density at radius 3 is 3.00 bits per heavy atom. The van der Waals surface area contributed by atoms with Gasteiger partial charge in [0.1, 0.15) is 0 Å². The summed E-state index contributed by atoms with van der Waals surface area (Å²) in [5.74, 6) is 0. The lowest BCUT2D eigenvalue weighted by atomic mass is 10.2. The van der Waals surface area contributed by atoms with Crippen molar-refractivity contribution in [2.24, 2.45) is 0 Å². The van der Waals surface area contributed by atoms with Gasteiger partial charge in [0.2, 0.25) is 6.20 Å².